The van der Waals surface area contributed by atoms with E-state index in [0.29, 0.717) is 34.3 Å². The molecular weight excluding hydrogens is 463 g/mol. The average molecular weight is 483 g/mol. The molecule has 33 heavy (non-hydrogen) atoms. The molecule has 8 heteroatoms. The lowest BCUT2D eigenvalue weighted by Crippen LogP contribution is -2.30. The lowest BCUT2D eigenvalue weighted by Gasteiger charge is -2.26. The summed E-state index contributed by atoms with van der Waals surface area (Å²) < 4.78 is 5.51. The molecule has 2 aromatic carbocycles. The number of hydrogen-bond donors (Lipinski definition) is 1. The van der Waals surface area contributed by atoms with Crippen LogP contribution in [0.25, 0.3) is 5.76 Å². The Labute approximate surface area is 201 Å². The van der Waals surface area contributed by atoms with Crippen molar-refractivity contribution in [1.29, 1.82) is 0 Å². The molecule has 0 radical (unpaired) electrons. The molecule has 0 saturated carbocycles. The zero-order valence-electron chi connectivity index (χ0n) is 17.9. The molecule has 0 aliphatic carbocycles. The van der Waals surface area contributed by atoms with Crippen molar-refractivity contribution in [1.82, 2.24) is 4.98 Å². The Morgan fingerprint density at radius 1 is 1.09 bits per heavy atom. The van der Waals surface area contributed by atoms with E-state index in [4.69, 9.17) is 27.9 Å². The van der Waals surface area contributed by atoms with Crippen molar-refractivity contribution in [3.05, 3.63) is 93.2 Å². The van der Waals surface area contributed by atoms with Gasteiger partial charge in [0, 0.05) is 22.5 Å². The van der Waals surface area contributed by atoms with Gasteiger partial charge in [0.25, 0.3) is 11.7 Å². The Balaban J connectivity index is 1.98. The Morgan fingerprint density at radius 3 is 2.58 bits per heavy atom. The molecule has 1 aliphatic heterocycles. The molecule has 1 amide bonds. The number of ether oxygens (including phenoxy) is 1. The molecule has 168 valence electrons. The number of anilines is 1. The number of carbonyl (C=O) groups is 2. The summed E-state index contributed by atoms with van der Waals surface area (Å²) in [5.74, 6) is -1.58. The summed E-state index contributed by atoms with van der Waals surface area (Å²) in [7, 11) is 0. The van der Waals surface area contributed by atoms with Crippen molar-refractivity contribution in [2.45, 2.75) is 19.9 Å². The van der Waals surface area contributed by atoms with Gasteiger partial charge in [0.1, 0.15) is 17.6 Å². The van der Waals surface area contributed by atoms with Crippen LogP contribution in [0.4, 0.5) is 5.69 Å². The number of aliphatic hydroxyl groups excluding tert-OH is 1. The van der Waals surface area contributed by atoms with Crippen molar-refractivity contribution in [3.8, 4) is 5.75 Å². The van der Waals surface area contributed by atoms with Gasteiger partial charge in [-0.25, -0.2) is 0 Å². The fourth-order valence-corrected chi connectivity index (χ4v) is 4.22. The van der Waals surface area contributed by atoms with Gasteiger partial charge in [-0.05, 0) is 61.9 Å². The van der Waals surface area contributed by atoms with E-state index in [1.165, 1.54) is 11.0 Å². The minimum absolute atomic E-state index is 0.117. The highest BCUT2D eigenvalue weighted by molar-refractivity contribution is 6.52. The Hall–Kier alpha value is -3.35. The lowest BCUT2D eigenvalue weighted by molar-refractivity contribution is -0.132. The molecule has 0 spiro atoms. The molecule has 6 nitrogen and oxygen atoms in total. The summed E-state index contributed by atoms with van der Waals surface area (Å²) in [4.78, 5) is 32.2. The maximum atomic E-state index is 13.3. The molecule has 4 rings (SSSR count). The van der Waals surface area contributed by atoms with Crippen molar-refractivity contribution in [3.63, 3.8) is 0 Å². The van der Waals surface area contributed by atoms with Crippen LogP contribution in [0.1, 0.15) is 29.8 Å². The number of aliphatic hydroxyl groups is 1. The van der Waals surface area contributed by atoms with E-state index in [2.05, 4.69) is 4.98 Å². The van der Waals surface area contributed by atoms with Gasteiger partial charge in [-0.15, -0.1) is 0 Å². The number of nitrogens with zero attached hydrogens (tertiary/aromatic N) is 2. The average Bonchev–Trinajstić information content (AvgIpc) is 3.08. The molecule has 1 aliphatic rings. The first-order valence-electron chi connectivity index (χ1n) is 10.2. The lowest BCUT2D eigenvalue weighted by atomic mass is 9.97. The van der Waals surface area contributed by atoms with Crippen LogP contribution in [0.2, 0.25) is 10.0 Å². The molecule has 0 bridgehead atoms. The highest BCUT2D eigenvalue weighted by Crippen LogP contribution is 2.44. The molecule has 1 unspecified atom stereocenters. The Morgan fingerprint density at radius 2 is 1.88 bits per heavy atom. The van der Waals surface area contributed by atoms with Crippen LogP contribution in [0, 0.1) is 6.92 Å². The number of aromatic nitrogens is 1. The van der Waals surface area contributed by atoms with Crippen LogP contribution >= 0.6 is 23.2 Å². The number of rotatable bonds is 5. The molecule has 3 aromatic rings. The first kappa shape index (κ1) is 22.8. The highest BCUT2D eigenvalue weighted by Gasteiger charge is 2.48. The molecule has 1 saturated heterocycles. The SMILES string of the molecule is CCOc1ccc(Cl)c(/C(O)=C2\C(=O)C(=O)N(c3cccc(Cl)c3C)C2c2ccccn2)c1. The zero-order valence-corrected chi connectivity index (χ0v) is 19.4. The minimum Gasteiger partial charge on any atom is -0.507 e. The standard InChI is InChI=1S/C25H20Cl2N2O4/c1-3-33-15-10-11-18(27)16(13-15)23(30)21-22(19-8-4-5-12-28-19)29(25(32)24(21)31)20-9-6-7-17(26)14(20)2/h4-13,22,30H,3H2,1-2H3/b23-21+. The van der Waals surface area contributed by atoms with Crippen molar-refractivity contribution >= 4 is 46.3 Å². The molecule has 1 atom stereocenters. The first-order valence-corrected chi connectivity index (χ1v) is 11.0. The molecule has 1 fully saturated rings. The predicted octanol–water partition coefficient (Wildman–Crippen LogP) is 5.72. The summed E-state index contributed by atoms with van der Waals surface area (Å²) >= 11 is 12.7. The van der Waals surface area contributed by atoms with Gasteiger partial charge in [0.2, 0.25) is 0 Å². The van der Waals surface area contributed by atoms with Crippen LogP contribution < -0.4 is 9.64 Å². The fourth-order valence-electron chi connectivity index (χ4n) is 3.84. The molecule has 1 aromatic heterocycles. The second kappa shape index (κ2) is 9.25. The van der Waals surface area contributed by atoms with Gasteiger partial charge >= 0.3 is 0 Å². The second-order valence-corrected chi connectivity index (χ2v) is 8.20. The van der Waals surface area contributed by atoms with Crippen molar-refractivity contribution in [2.75, 3.05) is 11.5 Å². The monoisotopic (exact) mass is 482 g/mol. The molecule has 2 heterocycles. The smallest absolute Gasteiger partial charge is 0.300 e. The number of halogens is 2. The van der Waals surface area contributed by atoms with Crippen LogP contribution in [0.5, 0.6) is 5.75 Å². The van der Waals surface area contributed by atoms with Gasteiger partial charge in [0.05, 0.1) is 22.9 Å². The third-order valence-corrected chi connectivity index (χ3v) is 6.15. The Bertz CT molecular complexity index is 1270. The van der Waals surface area contributed by atoms with Crippen LogP contribution in [-0.4, -0.2) is 28.4 Å². The first-order chi connectivity index (χ1) is 15.8. The number of ketones is 1. The summed E-state index contributed by atoms with van der Waals surface area (Å²) in [6.07, 6.45) is 1.56. The normalized spacial score (nSPS) is 17.5. The largest absolute Gasteiger partial charge is 0.507 e. The third kappa shape index (κ3) is 4.08. The fraction of sp³-hybridized carbons (Fsp3) is 0.160. The summed E-state index contributed by atoms with van der Waals surface area (Å²) in [6, 6.07) is 14.0. The zero-order chi connectivity index (χ0) is 23.7. The van der Waals surface area contributed by atoms with E-state index in [-0.39, 0.29) is 16.2 Å². The van der Waals surface area contributed by atoms with E-state index in [1.807, 2.05) is 6.92 Å². The highest BCUT2D eigenvalue weighted by atomic mass is 35.5. The number of hydrogen-bond acceptors (Lipinski definition) is 5. The number of pyridine rings is 1. The Kier molecular flexibility index (Phi) is 6.40. The van der Waals surface area contributed by atoms with E-state index in [0.717, 1.165) is 0 Å². The number of Topliss-reactive ketones (excluding diaryl/α,β-unsaturated/α-hetero) is 1. The summed E-state index contributed by atoms with van der Waals surface area (Å²) in [5.41, 5.74) is 1.56. The van der Waals surface area contributed by atoms with Gasteiger partial charge in [-0.3, -0.25) is 19.5 Å². The predicted molar refractivity (Wildman–Crippen MR) is 128 cm³/mol. The van der Waals surface area contributed by atoms with Crippen LogP contribution in [-0.2, 0) is 9.59 Å². The molecular formula is C25H20Cl2N2O4. The second-order valence-electron chi connectivity index (χ2n) is 7.38. The number of benzene rings is 2. The maximum Gasteiger partial charge on any atom is 0.300 e. The summed E-state index contributed by atoms with van der Waals surface area (Å²) in [5, 5.41) is 11.9. The maximum absolute atomic E-state index is 13.3. The quantitative estimate of drug-likeness (QED) is 0.285. The van der Waals surface area contributed by atoms with E-state index < -0.39 is 23.5 Å². The van der Waals surface area contributed by atoms with E-state index in [9.17, 15) is 14.7 Å². The number of amides is 1. The third-order valence-electron chi connectivity index (χ3n) is 5.41. The van der Waals surface area contributed by atoms with Crippen molar-refractivity contribution in [2.24, 2.45) is 0 Å². The van der Waals surface area contributed by atoms with Crippen LogP contribution in [0.15, 0.2) is 66.4 Å². The van der Waals surface area contributed by atoms with E-state index in [1.54, 1.807) is 61.7 Å². The van der Waals surface area contributed by atoms with Gasteiger partial charge in [0.15, 0.2) is 0 Å². The van der Waals surface area contributed by atoms with Gasteiger partial charge in [-0.1, -0.05) is 35.3 Å². The minimum atomic E-state index is -0.977. The topological polar surface area (TPSA) is 79.7 Å². The summed E-state index contributed by atoms with van der Waals surface area (Å²) in [6.45, 7) is 4.00. The van der Waals surface area contributed by atoms with Gasteiger partial charge in [-0.2, -0.15) is 0 Å². The number of carbonyl (C=O) groups excluding carboxylic acids is 2. The molecule has 1 N–H and O–H groups in total. The van der Waals surface area contributed by atoms with Crippen LogP contribution in [0.3, 0.4) is 0 Å². The van der Waals surface area contributed by atoms with Crippen molar-refractivity contribution < 1.29 is 19.4 Å². The van der Waals surface area contributed by atoms with E-state index >= 15 is 0 Å². The van der Waals surface area contributed by atoms with Gasteiger partial charge < -0.3 is 9.84 Å².